The van der Waals surface area contributed by atoms with E-state index in [9.17, 15) is 4.79 Å². The van der Waals surface area contributed by atoms with Gasteiger partial charge in [-0.2, -0.15) is 0 Å². The zero-order chi connectivity index (χ0) is 18.2. The van der Waals surface area contributed by atoms with E-state index in [4.69, 9.17) is 14.2 Å². The van der Waals surface area contributed by atoms with Crippen LogP contribution in [0.4, 0.5) is 0 Å². The van der Waals surface area contributed by atoms with Crippen LogP contribution in [0.5, 0.6) is 11.5 Å². The zero-order valence-corrected chi connectivity index (χ0v) is 15.8. The molecule has 142 valence electrons. The SMILES string of the molecule is CCCOc1ccc(OCCSc2n[nH]c(=O)n2C[C@@H]2CCCO2)cc1. The van der Waals surface area contributed by atoms with Crippen LogP contribution >= 0.6 is 11.8 Å². The van der Waals surface area contributed by atoms with Crippen molar-refractivity contribution in [1.82, 2.24) is 14.8 Å². The lowest BCUT2D eigenvalue weighted by atomic mass is 10.2. The van der Waals surface area contributed by atoms with E-state index in [0.717, 1.165) is 37.4 Å². The highest BCUT2D eigenvalue weighted by Gasteiger charge is 2.19. The summed E-state index contributed by atoms with van der Waals surface area (Å²) in [5.41, 5.74) is -0.188. The maximum Gasteiger partial charge on any atom is 0.344 e. The average Bonchev–Trinajstić information content (AvgIpc) is 3.29. The lowest BCUT2D eigenvalue weighted by molar-refractivity contribution is 0.0941. The molecule has 0 aliphatic carbocycles. The van der Waals surface area contributed by atoms with E-state index in [0.29, 0.717) is 30.7 Å². The molecule has 26 heavy (non-hydrogen) atoms. The minimum absolute atomic E-state index is 0.106. The van der Waals surface area contributed by atoms with Gasteiger partial charge in [-0.1, -0.05) is 18.7 Å². The summed E-state index contributed by atoms with van der Waals surface area (Å²) in [5.74, 6) is 2.35. The molecule has 1 N–H and O–H groups in total. The Hall–Kier alpha value is -1.93. The van der Waals surface area contributed by atoms with Gasteiger partial charge >= 0.3 is 5.69 Å². The fraction of sp³-hybridized carbons (Fsp3) is 0.556. The van der Waals surface area contributed by atoms with Gasteiger partial charge in [0.15, 0.2) is 5.16 Å². The predicted molar refractivity (Wildman–Crippen MR) is 100 cm³/mol. The van der Waals surface area contributed by atoms with Gasteiger partial charge in [0, 0.05) is 12.4 Å². The van der Waals surface area contributed by atoms with E-state index >= 15 is 0 Å². The largest absolute Gasteiger partial charge is 0.494 e. The molecule has 7 nitrogen and oxygen atoms in total. The lowest BCUT2D eigenvalue weighted by Crippen LogP contribution is -2.25. The number of H-pyrrole nitrogens is 1. The van der Waals surface area contributed by atoms with Crippen LogP contribution in [-0.4, -0.2) is 46.4 Å². The first kappa shape index (κ1) is 18.8. The maximum atomic E-state index is 11.9. The number of thioether (sulfide) groups is 1. The molecular formula is C18H25N3O4S. The van der Waals surface area contributed by atoms with Crippen molar-refractivity contribution in [1.29, 1.82) is 0 Å². The minimum Gasteiger partial charge on any atom is -0.494 e. The molecule has 0 spiro atoms. The third-order valence-corrected chi connectivity index (χ3v) is 4.95. The highest BCUT2D eigenvalue weighted by molar-refractivity contribution is 7.99. The van der Waals surface area contributed by atoms with Crippen molar-refractivity contribution in [3.05, 3.63) is 34.7 Å². The van der Waals surface area contributed by atoms with Crippen LogP contribution in [0.15, 0.2) is 34.2 Å². The predicted octanol–water partition coefficient (Wildman–Crippen LogP) is 2.71. The Morgan fingerprint density at radius 1 is 1.27 bits per heavy atom. The molecule has 1 fully saturated rings. The van der Waals surface area contributed by atoms with Gasteiger partial charge in [0.25, 0.3) is 0 Å². The van der Waals surface area contributed by atoms with Crippen LogP contribution in [0.25, 0.3) is 0 Å². The van der Waals surface area contributed by atoms with Gasteiger partial charge in [0.2, 0.25) is 0 Å². The third-order valence-electron chi connectivity index (χ3n) is 4.01. The molecule has 1 aliphatic rings. The molecular weight excluding hydrogens is 354 g/mol. The molecule has 1 aromatic heterocycles. The van der Waals surface area contributed by atoms with Crippen LogP contribution in [0.1, 0.15) is 26.2 Å². The van der Waals surface area contributed by atoms with Crippen LogP contribution in [-0.2, 0) is 11.3 Å². The van der Waals surface area contributed by atoms with Crippen LogP contribution < -0.4 is 15.2 Å². The summed E-state index contributed by atoms with van der Waals surface area (Å²) in [6, 6.07) is 7.62. The van der Waals surface area contributed by atoms with E-state index in [2.05, 4.69) is 17.1 Å². The van der Waals surface area contributed by atoms with Crippen LogP contribution in [0.3, 0.4) is 0 Å². The number of benzene rings is 1. The van der Waals surface area contributed by atoms with Crippen molar-refractivity contribution in [2.24, 2.45) is 0 Å². The Bertz CT molecular complexity index is 723. The Morgan fingerprint density at radius 3 is 2.65 bits per heavy atom. The van der Waals surface area contributed by atoms with Gasteiger partial charge in [-0.25, -0.2) is 9.89 Å². The van der Waals surface area contributed by atoms with Crippen molar-refractivity contribution in [3.8, 4) is 11.5 Å². The summed E-state index contributed by atoms with van der Waals surface area (Å²) in [7, 11) is 0. The summed E-state index contributed by atoms with van der Waals surface area (Å²) >= 11 is 1.50. The first-order chi connectivity index (χ1) is 12.8. The van der Waals surface area contributed by atoms with Gasteiger partial charge in [0.05, 0.1) is 25.9 Å². The summed E-state index contributed by atoms with van der Waals surface area (Å²) in [6.45, 7) is 4.65. The lowest BCUT2D eigenvalue weighted by Gasteiger charge is -2.11. The van der Waals surface area contributed by atoms with E-state index in [1.807, 2.05) is 24.3 Å². The third kappa shape index (κ3) is 5.28. The number of nitrogens with zero attached hydrogens (tertiary/aromatic N) is 2. The fourth-order valence-electron chi connectivity index (χ4n) is 2.71. The molecule has 1 atom stereocenters. The van der Waals surface area contributed by atoms with Gasteiger partial charge in [-0.05, 0) is 43.5 Å². The number of aromatic nitrogens is 3. The van der Waals surface area contributed by atoms with Crippen molar-refractivity contribution in [2.45, 2.75) is 44.0 Å². The summed E-state index contributed by atoms with van der Waals surface area (Å²) in [6.07, 6.45) is 3.13. The highest BCUT2D eigenvalue weighted by Crippen LogP contribution is 2.20. The number of aromatic amines is 1. The Balaban J connectivity index is 1.44. The molecule has 2 aromatic rings. The van der Waals surface area contributed by atoms with E-state index < -0.39 is 0 Å². The fourth-order valence-corrected chi connectivity index (χ4v) is 3.48. The van der Waals surface area contributed by atoms with Gasteiger partial charge < -0.3 is 14.2 Å². The normalized spacial score (nSPS) is 16.7. The Labute approximate surface area is 157 Å². The second-order valence-corrected chi connectivity index (χ2v) is 7.14. The molecule has 0 saturated carbocycles. The number of ether oxygens (including phenoxy) is 3. The molecule has 2 heterocycles. The second kappa shape index (κ2) is 9.68. The molecule has 1 aromatic carbocycles. The van der Waals surface area contributed by atoms with Crippen LogP contribution in [0, 0.1) is 0 Å². The molecule has 1 aliphatic heterocycles. The standard InChI is InChI=1S/C18H25N3O4S/c1-2-9-23-14-5-7-15(8-6-14)25-11-12-26-18-20-19-17(22)21(18)13-16-4-3-10-24-16/h5-8,16H,2-4,9-13H2,1H3,(H,19,22)/t16-/m0/s1. The maximum absolute atomic E-state index is 11.9. The van der Waals surface area contributed by atoms with E-state index in [1.165, 1.54) is 11.8 Å². The molecule has 0 unspecified atom stereocenters. The molecule has 1 saturated heterocycles. The first-order valence-corrected chi connectivity index (χ1v) is 10.00. The zero-order valence-electron chi connectivity index (χ0n) is 15.0. The monoisotopic (exact) mass is 379 g/mol. The van der Waals surface area contributed by atoms with Crippen LogP contribution in [0.2, 0.25) is 0 Å². The number of hydrogen-bond donors (Lipinski definition) is 1. The minimum atomic E-state index is -0.188. The van der Waals surface area contributed by atoms with Gasteiger partial charge in [-0.3, -0.25) is 4.57 Å². The van der Waals surface area contributed by atoms with Crippen molar-refractivity contribution in [3.63, 3.8) is 0 Å². The second-order valence-electron chi connectivity index (χ2n) is 6.07. The summed E-state index contributed by atoms with van der Waals surface area (Å²) < 4.78 is 18.6. The van der Waals surface area contributed by atoms with Gasteiger partial charge in [-0.15, -0.1) is 5.10 Å². The number of nitrogens with one attached hydrogen (secondary N) is 1. The number of rotatable bonds is 10. The van der Waals surface area contributed by atoms with E-state index in [-0.39, 0.29) is 11.8 Å². The smallest absolute Gasteiger partial charge is 0.344 e. The Kier molecular flexibility index (Phi) is 7.02. The first-order valence-electron chi connectivity index (χ1n) is 9.01. The molecule has 8 heteroatoms. The van der Waals surface area contributed by atoms with E-state index in [1.54, 1.807) is 4.57 Å². The molecule has 0 radical (unpaired) electrons. The average molecular weight is 379 g/mol. The molecule has 3 rings (SSSR count). The summed E-state index contributed by atoms with van der Waals surface area (Å²) in [5, 5.41) is 7.30. The quantitative estimate of drug-likeness (QED) is 0.505. The topological polar surface area (TPSA) is 78.4 Å². The summed E-state index contributed by atoms with van der Waals surface area (Å²) in [4.78, 5) is 11.9. The molecule has 0 bridgehead atoms. The van der Waals surface area contributed by atoms with Gasteiger partial charge in [0.1, 0.15) is 11.5 Å². The molecule has 0 amide bonds. The van der Waals surface area contributed by atoms with Crippen molar-refractivity contribution < 1.29 is 14.2 Å². The van der Waals surface area contributed by atoms with Crippen molar-refractivity contribution in [2.75, 3.05) is 25.6 Å². The van der Waals surface area contributed by atoms with Crippen molar-refractivity contribution >= 4 is 11.8 Å². The Morgan fingerprint density at radius 2 is 2.00 bits per heavy atom. The highest BCUT2D eigenvalue weighted by atomic mass is 32.2. The number of hydrogen-bond acceptors (Lipinski definition) is 6.